The molecule has 0 aliphatic carbocycles. The van der Waals surface area contributed by atoms with Crippen LogP contribution in [0, 0.1) is 13.8 Å². The number of hydrogen-bond donors (Lipinski definition) is 1. The van der Waals surface area contributed by atoms with Crippen LogP contribution in [0.25, 0.3) is 6.08 Å². The molecule has 39 heavy (non-hydrogen) atoms. The second-order valence-electron chi connectivity index (χ2n) is 8.56. The van der Waals surface area contributed by atoms with Gasteiger partial charge in [-0.15, -0.1) is 0 Å². The van der Waals surface area contributed by atoms with Crippen LogP contribution in [0.1, 0.15) is 22.3 Å². The number of benzene rings is 3. The minimum atomic E-state index is -0.449. The molecule has 3 aromatic rings. The Kier molecular flexibility index (Phi) is 9.27. The lowest BCUT2D eigenvalue weighted by Crippen LogP contribution is -2.27. The van der Waals surface area contributed by atoms with E-state index < -0.39 is 11.1 Å². The predicted molar refractivity (Wildman–Crippen MR) is 159 cm³/mol. The summed E-state index contributed by atoms with van der Waals surface area (Å²) in [6.45, 7) is 3.64. The normalized spacial score (nSPS) is 14.2. The average molecular weight is 650 g/mol. The van der Waals surface area contributed by atoms with Gasteiger partial charge in [-0.1, -0.05) is 51.3 Å². The minimum absolute atomic E-state index is 0.0297. The SMILES string of the molecule is COc1cc(/C=C2\SC(=O)N(Cc3c(Cl)cccc3Cl)C2=O)ccc1OCC(=O)Nc1ccc(Br)c(C)c1C. The summed E-state index contributed by atoms with van der Waals surface area (Å²) in [5.41, 5.74) is 3.82. The second-order valence-corrected chi connectivity index (χ2v) is 11.2. The average Bonchev–Trinajstić information content (AvgIpc) is 3.17. The molecule has 202 valence electrons. The highest BCUT2D eigenvalue weighted by Gasteiger charge is 2.35. The van der Waals surface area contributed by atoms with Gasteiger partial charge in [-0.05, 0) is 84.8 Å². The van der Waals surface area contributed by atoms with Crippen LogP contribution in [-0.2, 0) is 16.1 Å². The van der Waals surface area contributed by atoms with E-state index in [0.717, 1.165) is 32.3 Å². The van der Waals surface area contributed by atoms with E-state index in [9.17, 15) is 14.4 Å². The molecule has 0 unspecified atom stereocenters. The summed E-state index contributed by atoms with van der Waals surface area (Å²) in [6.07, 6.45) is 1.59. The number of nitrogens with zero attached hydrogens (tertiary/aromatic N) is 1. The van der Waals surface area contributed by atoms with Gasteiger partial charge in [0.15, 0.2) is 18.1 Å². The highest BCUT2D eigenvalue weighted by Crippen LogP contribution is 2.37. The van der Waals surface area contributed by atoms with E-state index in [1.165, 1.54) is 7.11 Å². The molecule has 0 atom stereocenters. The summed E-state index contributed by atoms with van der Waals surface area (Å²) >= 11 is 16.7. The molecule has 7 nitrogen and oxygen atoms in total. The quantitative estimate of drug-likeness (QED) is 0.253. The third-order valence-corrected chi connectivity index (χ3v) is 8.57. The zero-order chi connectivity index (χ0) is 28.3. The third-order valence-electron chi connectivity index (χ3n) is 6.09. The Morgan fingerprint density at radius 1 is 1.05 bits per heavy atom. The summed E-state index contributed by atoms with van der Waals surface area (Å²) in [5.74, 6) is -0.0436. The van der Waals surface area contributed by atoms with Crippen molar-refractivity contribution in [1.29, 1.82) is 0 Å². The van der Waals surface area contributed by atoms with Crippen LogP contribution in [0.4, 0.5) is 10.5 Å². The molecule has 4 rings (SSSR count). The number of thioether (sulfide) groups is 1. The Bertz CT molecular complexity index is 1490. The molecule has 3 aromatic carbocycles. The van der Waals surface area contributed by atoms with Gasteiger partial charge in [0.2, 0.25) is 0 Å². The molecule has 0 spiro atoms. The minimum Gasteiger partial charge on any atom is -0.493 e. The number of ether oxygens (including phenoxy) is 2. The first-order valence-electron chi connectivity index (χ1n) is 11.6. The highest BCUT2D eigenvalue weighted by atomic mass is 79.9. The maximum Gasteiger partial charge on any atom is 0.293 e. The van der Waals surface area contributed by atoms with Gasteiger partial charge in [0.05, 0.1) is 18.6 Å². The van der Waals surface area contributed by atoms with E-state index in [1.54, 1.807) is 42.5 Å². The number of nitrogens with one attached hydrogen (secondary N) is 1. The summed E-state index contributed by atoms with van der Waals surface area (Å²) in [5, 5.41) is 3.19. The molecule has 0 bridgehead atoms. The van der Waals surface area contributed by atoms with Crippen LogP contribution in [-0.4, -0.2) is 35.7 Å². The maximum atomic E-state index is 13.0. The van der Waals surface area contributed by atoms with Crippen molar-refractivity contribution in [3.05, 3.63) is 90.2 Å². The predicted octanol–water partition coefficient (Wildman–Crippen LogP) is 7.64. The Labute approximate surface area is 248 Å². The number of amides is 3. The number of hydrogen-bond acceptors (Lipinski definition) is 6. The van der Waals surface area contributed by atoms with Gasteiger partial charge >= 0.3 is 0 Å². The monoisotopic (exact) mass is 648 g/mol. The molecule has 1 saturated heterocycles. The number of carbonyl (C=O) groups excluding carboxylic acids is 3. The van der Waals surface area contributed by atoms with E-state index in [-0.39, 0.29) is 24.0 Å². The van der Waals surface area contributed by atoms with Crippen LogP contribution < -0.4 is 14.8 Å². The first kappa shape index (κ1) is 29.0. The van der Waals surface area contributed by atoms with Crippen LogP contribution in [0.3, 0.4) is 0 Å². The Morgan fingerprint density at radius 2 is 1.77 bits per heavy atom. The summed E-state index contributed by atoms with van der Waals surface area (Å²) < 4.78 is 12.1. The van der Waals surface area contributed by atoms with Crippen LogP contribution in [0.15, 0.2) is 57.9 Å². The van der Waals surface area contributed by atoms with Gasteiger partial charge < -0.3 is 14.8 Å². The lowest BCUT2D eigenvalue weighted by atomic mass is 10.1. The van der Waals surface area contributed by atoms with Crippen molar-refractivity contribution in [2.45, 2.75) is 20.4 Å². The fraction of sp³-hybridized carbons (Fsp3) is 0.179. The van der Waals surface area contributed by atoms with E-state index in [2.05, 4.69) is 21.2 Å². The molecule has 1 heterocycles. The van der Waals surface area contributed by atoms with Crippen molar-refractivity contribution in [2.24, 2.45) is 0 Å². The van der Waals surface area contributed by atoms with Gasteiger partial charge in [-0.25, -0.2) is 0 Å². The number of imide groups is 1. The van der Waals surface area contributed by atoms with Crippen molar-refractivity contribution in [2.75, 3.05) is 19.0 Å². The smallest absolute Gasteiger partial charge is 0.293 e. The van der Waals surface area contributed by atoms with E-state index in [1.807, 2.05) is 26.0 Å². The highest BCUT2D eigenvalue weighted by molar-refractivity contribution is 9.10. The molecule has 0 radical (unpaired) electrons. The van der Waals surface area contributed by atoms with Gasteiger partial charge in [0, 0.05) is 25.8 Å². The topological polar surface area (TPSA) is 84.9 Å². The first-order valence-corrected chi connectivity index (χ1v) is 14.0. The standard InChI is InChI=1S/C28H23BrCl2N2O5S/c1-15-16(2)22(9-8-19(15)29)32-26(34)14-38-23-10-7-17(11-24(23)37-3)12-25-27(35)33(28(36)39-25)13-18-20(30)5-4-6-21(18)31/h4-12H,13-14H2,1-3H3,(H,32,34)/b25-12-. The van der Waals surface area contributed by atoms with E-state index >= 15 is 0 Å². The maximum absolute atomic E-state index is 13.0. The lowest BCUT2D eigenvalue weighted by Gasteiger charge is -2.15. The Morgan fingerprint density at radius 3 is 2.46 bits per heavy atom. The fourth-order valence-corrected chi connectivity index (χ4v) is 5.56. The van der Waals surface area contributed by atoms with Crippen molar-refractivity contribution in [1.82, 2.24) is 4.90 Å². The summed E-state index contributed by atoms with van der Waals surface area (Å²) in [6, 6.07) is 13.7. The second kappa shape index (κ2) is 12.5. The van der Waals surface area contributed by atoms with Gasteiger partial charge in [-0.2, -0.15) is 0 Å². The molecule has 1 N–H and O–H groups in total. The number of halogens is 3. The zero-order valence-electron chi connectivity index (χ0n) is 21.1. The molecule has 1 aliphatic heterocycles. The van der Waals surface area contributed by atoms with Gasteiger partial charge in [-0.3, -0.25) is 19.3 Å². The molecular formula is C28H23BrCl2N2O5S. The Hall–Kier alpha value is -2.98. The number of rotatable bonds is 8. The van der Waals surface area contributed by atoms with Crippen LogP contribution in [0.5, 0.6) is 11.5 Å². The molecule has 11 heteroatoms. The Balaban J connectivity index is 1.44. The molecule has 0 aromatic heterocycles. The van der Waals surface area contributed by atoms with E-state index in [4.69, 9.17) is 32.7 Å². The van der Waals surface area contributed by atoms with Crippen molar-refractivity contribution >= 4 is 79.7 Å². The van der Waals surface area contributed by atoms with Gasteiger partial charge in [0.25, 0.3) is 17.1 Å². The van der Waals surface area contributed by atoms with Gasteiger partial charge in [0.1, 0.15) is 0 Å². The largest absolute Gasteiger partial charge is 0.493 e. The fourth-order valence-electron chi connectivity index (χ4n) is 3.77. The molecular weight excluding hydrogens is 627 g/mol. The number of anilines is 1. The molecule has 1 aliphatic rings. The van der Waals surface area contributed by atoms with Crippen molar-refractivity contribution in [3.63, 3.8) is 0 Å². The van der Waals surface area contributed by atoms with Crippen molar-refractivity contribution < 1.29 is 23.9 Å². The third kappa shape index (κ3) is 6.61. The summed E-state index contributed by atoms with van der Waals surface area (Å²) in [4.78, 5) is 39.4. The van der Waals surface area contributed by atoms with Crippen LogP contribution >= 0.6 is 50.9 Å². The number of methoxy groups -OCH3 is 1. The molecule has 3 amide bonds. The van der Waals surface area contributed by atoms with Crippen molar-refractivity contribution in [3.8, 4) is 11.5 Å². The first-order chi connectivity index (χ1) is 18.6. The lowest BCUT2D eigenvalue weighted by molar-refractivity contribution is -0.123. The molecule has 0 saturated carbocycles. The van der Waals surface area contributed by atoms with Crippen LogP contribution in [0.2, 0.25) is 10.0 Å². The molecule has 1 fully saturated rings. The summed E-state index contributed by atoms with van der Waals surface area (Å²) in [7, 11) is 1.47. The number of carbonyl (C=O) groups is 3. The zero-order valence-corrected chi connectivity index (χ0v) is 25.1. The van der Waals surface area contributed by atoms with E-state index in [0.29, 0.717) is 38.4 Å².